The minimum absolute atomic E-state index is 0.0558. The van der Waals surface area contributed by atoms with Gasteiger partial charge in [-0.1, -0.05) is 6.92 Å². The molecule has 1 fully saturated rings. The zero-order chi connectivity index (χ0) is 15.5. The van der Waals surface area contributed by atoms with Crippen LogP contribution in [0.15, 0.2) is 36.8 Å². The number of hydrogen-bond acceptors (Lipinski definition) is 3. The fraction of sp³-hybridized carbons (Fsp3) is 0.412. The second kappa shape index (κ2) is 6.22. The van der Waals surface area contributed by atoms with Crippen LogP contribution in [0.1, 0.15) is 29.3 Å². The van der Waals surface area contributed by atoms with Crippen LogP contribution in [0.5, 0.6) is 0 Å². The Morgan fingerprint density at radius 1 is 1.45 bits per heavy atom. The number of nitrogens with zero attached hydrogens (tertiary/aromatic N) is 3. The number of nitrogens with one attached hydrogen (secondary N) is 1. The summed E-state index contributed by atoms with van der Waals surface area (Å²) in [6, 6.07) is 5.66. The highest BCUT2D eigenvalue weighted by atomic mass is 16.1. The van der Waals surface area contributed by atoms with Crippen molar-refractivity contribution in [3.8, 4) is 0 Å². The summed E-state index contributed by atoms with van der Waals surface area (Å²) in [4.78, 5) is 18.9. The molecule has 3 rings (SSSR count). The van der Waals surface area contributed by atoms with Crippen molar-refractivity contribution in [2.45, 2.75) is 19.9 Å². The Labute approximate surface area is 131 Å². The summed E-state index contributed by atoms with van der Waals surface area (Å²) in [7, 11) is 1.97. The largest absolute Gasteiger partial charge is 0.357 e. The van der Waals surface area contributed by atoms with Crippen LogP contribution in [0.25, 0.3) is 0 Å². The maximum atomic E-state index is 12.3. The highest BCUT2D eigenvalue weighted by Crippen LogP contribution is 2.22. The molecule has 0 aromatic carbocycles. The number of rotatable bonds is 4. The second-order valence-electron chi connectivity index (χ2n) is 6.11. The molecular weight excluding hydrogens is 276 g/mol. The first-order valence-electron chi connectivity index (χ1n) is 7.72. The van der Waals surface area contributed by atoms with Crippen LogP contribution in [-0.2, 0) is 13.6 Å². The molecule has 3 heterocycles. The van der Waals surface area contributed by atoms with Gasteiger partial charge in [-0.3, -0.25) is 4.79 Å². The topological polar surface area (TPSA) is 50.2 Å². The highest BCUT2D eigenvalue weighted by Gasteiger charge is 2.20. The Balaban J connectivity index is 1.65. The summed E-state index contributed by atoms with van der Waals surface area (Å²) in [6.07, 6.45) is 6.88. The molecule has 2 aromatic rings. The van der Waals surface area contributed by atoms with Gasteiger partial charge >= 0.3 is 0 Å². The van der Waals surface area contributed by atoms with Crippen molar-refractivity contribution in [3.05, 3.63) is 47.9 Å². The summed E-state index contributed by atoms with van der Waals surface area (Å²) in [5.41, 5.74) is 1.76. The number of hydrogen-bond donors (Lipinski definition) is 1. The molecule has 1 aliphatic rings. The van der Waals surface area contributed by atoms with Gasteiger partial charge in [-0.25, -0.2) is 4.98 Å². The number of amides is 1. The van der Waals surface area contributed by atoms with E-state index >= 15 is 0 Å². The van der Waals surface area contributed by atoms with Crippen LogP contribution in [0, 0.1) is 5.92 Å². The van der Waals surface area contributed by atoms with Gasteiger partial charge in [-0.2, -0.15) is 0 Å². The van der Waals surface area contributed by atoms with Gasteiger partial charge in [0.2, 0.25) is 0 Å². The second-order valence-corrected chi connectivity index (χ2v) is 6.11. The van der Waals surface area contributed by atoms with Crippen LogP contribution in [0.3, 0.4) is 0 Å². The van der Waals surface area contributed by atoms with E-state index in [1.807, 2.05) is 36.1 Å². The molecule has 2 aromatic heterocycles. The number of aryl methyl sites for hydroxylation is 1. The maximum absolute atomic E-state index is 12.3. The van der Waals surface area contributed by atoms with E-state index < -0.39 is 0 Å². The molecule has 1 saturated heterocycles. The molecule has 1 unspecified atom stereocenters. The summed E-state index contributed by atoms with van der Waals surface area (Å²) in [6.45, 7) is 4.82. The van der Waals surface area contributed by atoms with Crippen molar-refractivity contribution in [2.24, 2.45) is 13.0 Å². The van der Waals surface area contributed by atoms with E-state index in [-0.39, 0.29) is 5.91 Å². The lowest BCUT2D eigenvalue weighted by Gasteiger charge is -2.17. The molecule has 0 radical (unpaired) electrons. The van der Waals surface area contributed by atoms with E-state index in [0.29, 0.717) is 18.0 Å². The average molecular weight is 298 g/mol. The molecule has 1 amide bonds. The molecule has 1 aliphatic heterocycles. The van der Waals surface area contributed by atoms with E-state index in [9.17, 15) is 4.79 Å². The summed E-state index contributed by atoms with van der Waals surface area (Å²) in [5.74, 6) is 1.54. The summed E-state index contributed by atoms with van der Waals surface area (Å²) < 4.78 is 1.97. The van der Waals surface area contributed by atoms with Crippen LogP contribution >= 0.6 is 0 Å². The smallest absolute Gasteiger partial charge is 0.251 e. The standard InChI is InChI=1S/C17H22N4O/c1-13-4-8-21(11-13)16-9-15(3-6-18-16)17(22)19-10-14-5-7-20(2)12-14/h3,5-7,9,12-13H,4,8,10-11H2,1-2H3,(H,19,22). The van der Waals surface area contributed by atoms with Crippen LogP contribution in [0.4, 0.5) is 5.82 Å². The first kappa shape index (κ1) is 14.6. The van der Waals surface area contributed by atoms with E-state index in [2.05, 4.69) is 22.1 Å². The number of carbonyl (C=O) groups is 1. The number of aromatic nitrogens is 2. The Hall–Kier alpha value is -2.30. The Bertz CT molecular complexity index is 664. The first-order chi connectivity index (χ1) is 10.6. The van der Waals surface area contributed by atoms with Crippen molar-refractivity contribution >= 4 is 11.7 Å². The quantitative estimate of drug-likeness (QED) is 0.941. The van der Waals surface area contributed by atoms with Crippen molar-refractivity contribution in [1.82, 2.24) is 14.9 Å². The third-order valence-corrected chi connectivity index (χ3v) is 4.10. The monoisotopic (exact) mass is 298 g/mol. The Morgan fingerprint density at radius 2 is 2.32 bits per heavy atom. The Morgan fingerprint density at radius 3 is 3.00 bits per heavy atom. The zero-order valence-corrected chi connectivity index (χ0v) is 13.1. The van der Waals surface area contributed by atoms with E-state index in [4.69, 9.17) is 0 Å². The predicted octanol–water partition coefficient (Wildman–Crippen LogP) is 2.20. The van der Waals surface area contributed by atoms with Gasteiger partial charge < -0.3 is 14.8 Å². The molecule has 5 nitrogen and oxygen atoms in total. The number of pyridine rings is 1. The molecule has 1 atom stereocenters. The molecule has 0 bridgehead atoms. The molecule has 1 N–H and O–H groups in total. The van der Waals surface area contributed by atoms with Gasteiger partial charge in [0.1, 0.15) is 5.82 Å². The van der Waals surface area contributed by atoms with E-state index in [1.54, 1.807) is 12.3 Å². The molecule has 0 aliphatic carbocycles. The van der Waals surface area contributed by atoms with Gasteiger partial charge in [0.25, 0.3) is 5.91 Å². The molecular formula is C17H22N4O. The van der Waals surface area contributed by atoms with Crippen molar-refractivity contribution in [1.29, 1.82) is 0 Å². The zero-order valence-electron chi connectivity index (χ0n) is 13.1. The van der Waals surface area contributed by atoms with Crippen molar-refractivity contribution in [3.63, 3.8) is 0 Å². The van der Waals surface area contributed by atoms with Crippen molar-refractivity contribution in [2.75, 3.05) is 18.0 Å². The van der Waals surface area contributed by atoms with E-state index in [1.165, 1.54) is 6.42 Å². The average Bonchev–Trinajstić information content (AvgIpc) is 3.13. The van der Waals surface area contributed by atoms with Gasteiger partial charge in [-0.15, -0.1) is 0 Å². The minimum atomic E-state index is -0.0558. The number of carbonyl (C=O) groups excluding carboxylic acids is 1. The highest BCUT2D eigenvalue weighted by molar-refractivity contribution is 5.94. The molecule has 0 spiro atoms. The molecule has 5 heteroatoms. The van der Waals surface area contributed by atoms with Crippen molar-refractivity contribution < 1.29 is 4.79 Å². The van der Waals surface area contributed by atoms with E-state index in [0.717, 1.165) is 24.5 Å². The SMILES string of the molecule is CC1CCN(c2cc(C(=O)NCc3ccn(C)c3)ccn2)C1. The van der Waals surface area contributed by atoms with Crippen LogP contribution in [0.2, 0.25) is 0 Å². The lowest BCUT2D eigenvalue weighted by Crippen LogP contribution is -2.24. The predicted molar refractivity (Wildman–Crippen MR) is 86.8 cm³/mol. The fourth-order valence-electron chi connectivity index (χ4n) is 2.83. The summed E-state index contributed by atoms with van der Waals surface area (Å²) in [5, 5.41) is 2.96. The molecule has 22 heavy (non-hydrogen) atoms. The van der Waals surface area contributed by atoms with Gasteiger partial charge in [0.05, 0.1) is 0 Å². The molecule has 0 saturated carbocycles. The van der Waals surface area contributed by atoms with Gasteiger partial charge in [0, 0.05) is 50.8 Å². The molecule has 116 valence electrons. The van der Waals surface area contributed by atoms with Gasteiger partial charge in [0.15, 0.2) is 0 Å². The van der Waals surface area contributed by atoms with Gasteiger partial charge in [-0.05, 0) is 36.1 Å². The first-order valence-corrected chi connectivity index (χ1v) is 7.72. The lowest BCUT2D eigenvalue weighted by molar-refractivity contribution is 0.0951. The Kier molecular flexibility index (Phi) is 4.13. The number of anilines is 1. The third-order valence-electron chi connectivity index (χ3n) is 4.10. The summed E-state index contributed by atoms with van der Waals surface area (Å²) >= 11 is 0. The minimum Gasteiger partial charge on any atom is -0.357 e. The van der Waals surface area contributed by atoms with Crippen LogP contribution in [-0.4, -0.2) is 28.5 Å². The normalized spacial score (nSPS) is 17.7. The fourth-order valence-corrected chi connectivity index (χ4v) is 2.83. The maximum Gasteiger partial charge on any atom is 0.251 e. The van der Waals surface area contributed by atoms with Crippen LogP contribution < -0.4 is 10.2 Å². The third kappa shape index (κ3) is 3.30. The lowest BCUT2D eigenvalue weighted by atomic mass is 10.2.